The fourth-order valence-electron chi connectivity index (χ4n) is 2.62. The van der Waals surface area contributed by atoms with Crippen LogP contribution in [0.15, 0.2) is 24.5 Å². The molecule has 2 aromatic heterocycles. The van der Waals surface area contributed by atoms with Crippen molar-refractivity contribution in [2.45, 2.75) is 78.1 Å². The Morgan fingerprint density at radius 3 is 1.54 bits per heavy atom. The van der Waals surface area contributed by atoms with Crippen LogP contribution in [0.5, 0.6) is 0 Å². The number of hydrogen-bond donors (Lipinski definition) is 0. The first-order chi connectivity index (χ1) is 11.4. The molecule has 24 heavy (non-hydrogen) atoms. The van der Waals surface area contributed by atoms with Crippen LogP contribution in [0.4, 0.5) is 0 Å². The van der Waals surface area contributed by atoms with Crippen molar-refractivity contribution in [1.82, 2.24) is 20.2 Å². The molecule has 2 aromatic rings. The van der Waals surface area contributed by atoms with E-state index in [1.54, 1.807) is 0 Å². The smallest absolute Gasteiger partial charge is 0.0659 e. The molecule has 4 heteroatoms. The number of hydrogen-bond acceptors (Lipinski definition) is 4. The molecule has 0 radical (unpaired) electrons. The van der Waals surface area contributed by atoms with Gasteiger partial charge in [0.1, 0.15) is 0 Å². The maximum absolute atomic E-state index is 4.59. The zero-order valence-corrected chi connectivity index (χ0v) is 15.8. The van der Waals surface area contributed by atoms with E-state index < -0.39 is 0 Å². The van der Waals surface area contributed by atoms with Crippen LogP contribution in [0, 0.1) is 0 Å². The highest BCUT2D eigenvalue weighted by molar-refractivity contribution is 5.13. The van der Waals surface area contributed by atoms with Gasteiger partial charge in [0.25, 0.3) is 0 Å². The summed E-state index contributed by atoms with van der Waals surface area (Å²) in [6, 6.07) is 4.22. The Balaban J connectivity index is 1.91. The summed E-state index contributed by atoms with van der Waals surface area (Å²) in [5.41, 5.74) is 4.26. The third-order valence-electron chi connectivity index (χ3n) is 4.62. The Labute approximate surface area is 146 Å². The van der Waals surface area contributed by atoms with E-state index in [2.05, 4.69) is 73.8 Å². The van der Waals surface area contributed by atoms with Gasteiger partial charge in [0.2, 0.25) is 0 Å². The Morgan fingerprint density at radius 2 is 1.08 bits per heavy atom. The molecule has 0 bridgehead atoms. The summed E-state index contributed by atoms with van der Waals surface area (Å²) in [7, 11) is 0. The number of rotatable bonds is 7. The summed E-state index contributed by atoms with van der Waals surface area (Å²) in [5, 5.41) is 8.74. The highest BCUT2D eigenvalue weighted by atomic mass is 15.1. The SMILES string of the molecule is CC(C)c1cnc(C(C)CCC(C)c2ccc(C(C)C)nn2)cn1. The highest BCUT2D eigenvalue weighted by Crippen LogP contribution is 2.26. The number of nitrogens with zero attached hydrogens (tertiary/aromatic N) is 4. The van der Waals surface area contributed by atoms with E-state index in [1.165, 1.54) is 0 Å². The summed E-state index contributed by atoms with van der Waals surface area (Å²) in [6.45, 7) is 13.0. The minimum Gasteiger partial charge on any atom is -0.258 e. The summed E-state index contributed by atoms with van der Waals surface area (Å²) in [5.74, 6) is 1.66. The molecule has 0 fully saturated rings. The zero-order valence-electron chi connectivity index (χ0n) is 15.8. The van der Waals surface area contributed by atoms with Gasteiger partial charge in [-0.05, 0) is 42.7 Å². The van der Waals surface area contributed by atoms with Crippen LogP contribution in [0.2, 0.25) is 0 Å². The van der Waals surface area contributed by atoms with Crippen molar-refractivity contribution in [1.29, 1.82) is 0 Å². The zero-order chi connectivity index (χ0) is 17.7. The predicted molar refractivity (Wildman–Crippen MR) is 98.3 cm³/mol. The van der Waals surface area contributed by atoms with Gasteiger partial charge in [-0.1, -0.05) is 41.5 Å². The van der Waals surface area contributed by atoms with E-state index in [4.69, 9.17) is 0 Å². The van der Waals surface area contributed by atoms with Crippen molar-refractivity contribution >= 4 is 0 Å². The molecular formula is C20H30N4. The van der Waals surface area contributed by atoms with Gasteiger partial charge in [0.05, 0.1) is 22.8 Å². The maximum atomic E-state index is 4.59. The van der Waals surface area contributed by atoms with Crippen LogP contribution in [0.3, 0.4) is 0 Å². The van der Waals surface area contributed by atoms with Gasteiger partial charge in [0, 0.05) is 18.3 Å². The summed E-state index contributed by atoms with van der Waals surface area (Å²) >= 11 is 0. The van der Waals surface area contributed by atoms with Crippen molar-refractivity contribution in [3.63, 3.8) is 0 Å². The molecule has 2 atom stereocenters. The lowest BCUT2D eigenvalue weighted by atomic mass is 9.93. The molecule has 4 nitrogen and oxygen atoms in total. The molecule has 0 aliphatic carbocycles. The molecule has 0 aliphatic heterocycles. The second-order valence-electron chi connectivity index (χ2n) is 7.44. The van der Waals surface area contributed by atoms with E-state index in [-0.39, 0.29) is 0 Å². The highest BCUT2D eigenvalue weighted by Gasteiger charge is 2.14. The Morgan fingerprint density at radius 1 is 0.625 bits per heavy atom. The van der Waals surface area contributed by atoms with E-state index in [9.17, 15) is 0 Å². The largest absolute Gasteiger partial charge is 0.258 e. The average Bonchev–Trinajstić information content (AvgIpc) is 2.59. The van der Waals surface area contributed by atoms with Crippen molar-refractivity contribution < 1.29 is 0 Å². The van der Waals surface area contributed by atoms with Gasteiger partial charge >= 0.3 is 0 Å². The Hall–Kier alpha value is -1.84. The standard InChI is InChI=1S/C20H30N4/c1-13(2)17-9-10-18(24-23-17)15(5)7-8-16(6)20-12-21-19(11-22-20)14(3)4/h9-16H,7-8H2,1-6H3. The van der Waals surface area contributed by atoms with Crippen molar-refractivity contribution in [2.75, 3.05) is 0 Å². The van der Waals surface area contributed by atoms with Gasteiger partial charge in [-0.3, -0.25) is 9.97 Å². The van der Waals surface area contributed by atoms with Crippen LogP contribution < -0.4 is 0 Å². The lowest BCUT2D eigenvalue weighted by Gasteiger charge is -2.15. The molecule has 2 unspecified atom stereocenters. The van der Waals surface area contributed by atoms with Crippen LogP contribution >= 0.6 is 0 Å². The summed E-state index contributed by atoms with van der Waals surface area (Å²) in [6.07, 6.45) is 5.99. The lowest BCUT2D eigenvalue weighted by Crippen LogP contribution is -2.05. The molecule has 0 saturated heterocycles. The van der Waals surface area contributed by atoms with Gasteiger partial charge in [-0.25, -0.2) is 0 Å². The minimum absolute atomic E-state index is 0.407. The third-order valence-corrected chi connectivity index (χ3v) is 4.62. The van der Waals surface area contributed by atoms with E-state index in [0.29, 0.717) is 23.7 Å². The molecule has 0 aliphatic rings. The molecule has 0 N–H and O–H groups in total. The number of aromatic nitrogens is 4. The van der Waals surface area contributed by atoms with E-state index in [0.717, 1.165) is 35.6 Å². The monoisotopic (exact) mass is 326 g/mol. The molecule has 2 rings (SSSR count). The fraction of sp³-hybridized carbons (Fsp3) is 0.600. The topological polar surface area (TPSA) is 51.6 Å². The lowest BCUT2D eigenvalue weighted by molar-refractivity contribution is 0.550. The summed E-state index contributed by atoms with van der Waals surface area (Å²) < 4.78 is 0. The third kappa shape index (κ3) is 4.83. The second kappa shape index (κ2) is 8.32. The van der Waals surface area contributed by atoms with Crippen LogP contribution in [0.25, 0.3) is 0 Å². The fourth-order valence-corrected chi connectivity index (χ4v) is 2.62. The molecular weight excluding hydrogens is 296 g/mol. The van der Waals surface area contributed by atoms with Gasteiger partial charge < -0.3 is 0 Å². The van der Waals surface area contributed by atoms with Gasteiger partial charge in [-0.15, -0.1) is 0 Å². The molecule has 0 aromatic carbocycles. The first-order valence-corrected chi connectivity index (χ1v) is 9.03. The van der Waals surface area contributed by atoms with Crippen LogP contribution in [-0.2, 0) is 0 Å². The average molecular weight is 326 g/mol. The molecule has 130 valence electrons. The van der Waals surface area contributed by atoms with Crippen molar-refractivity contribution in [3.05, 3.63) is 47.3 Å². The van der Waals surface area contributed by atoms with Crippen LogP contribution in [0.1, 0.15) is 101 Å². The second-order valence-corrected chi connectivity index (χ2v) is 7.44. The predicted octanol–water partition coefficient (Wildman–Crippen LogP) is 5.20. The normalized spacial score (nSPS) is 14.2. The Bertz CT molecular complexity index is 560. The van der Waals surface area contributed by atoms with E-state index in [1.807, 2.05) is 12.4 Å². The summed E-state index contributed by atoms with van der Waals surface area (Å²) in [4.78, 5) is 9.12. The first-order valence-electron chi connectivity index (χ1n) is 9.03. The molecule has 0 spiro atoms. The quantitative estimate of drug-likeness (QED) is 0.701. The van der Waals surface area contributed by atoms with Crippen LogP contribution in [-0.4, -0.2) is 20.2 Å². The molecule has 0 amide bonds. The van der Waals surface area contributed by atoms with Crippen molar-refractivity contribution in [3.8, 4) is 0 Å². The van der Waals surface area contributed by atoms with Gasteiger partial charge in [0.15, 0.2) is 0 Å². The first kappa shape index (κ1) is 18.5. The Kier molecular flexibility index (Phi) is 6.41. The molecule has 2 heterocycles. The van der Waals surface area contributed by atoms with E-state index >= 15 is 0 Å². The van der Waals surface area contributed by atoms with Gasteiger partial charge in [-0.2, -0.15) is 10.2 Å². The molecule has 0 saturated carbocycles. The van der Waals surface area contributed by atoms with Crippen molar-refractivity contribution in [2.24, 2.45) is 0 Å². The minimum atomic E-state index is 0.407. The maximum Gasteiger partial charge on any atom is 0.0659 e.